The van der Waals surface area contributed by atoms with Crippen LogP contribution in [0.4, 0.5) is 16.0 Å². The molecule has 1 aromatic heterocycles. The quantitative estimate of drug-likeness (QED) is 0.873. The number of hydrogen-bond donors (Lipinski definition) is 2. The van der Waals surface area contributed by atoms with E-state index in [0.717, 1.165) is 6.07 Å². The molecule has 0 spiro atoms. The first kappa shape index (κ1) is 12.7. The molecule has 0 bridgehead atoms. The molecule has 0 unspecified atom stereocenters. The third kappa shape index (κ3) is 2.92. The average molecular weight is 264 g/mol. The molecule has 8 heteroatoms. The predicted molar refractivity (Wildman–Crippen MR) is 63.0 cm³/mol. The minimum absolute atomic E-state index is 0.0443. The van der Waals surface area contributed by atoms with E-state index >= 15 is 0 Å². The molecule has 0 atom stereocenters. The second kappa shape index (κ2) is 5.25. The summed E-state index contributed by atoms with van der Waals surface area (Å²) in [7, 11) is 0. The first-order valence-corrected chi connectivity index (χ1v) is 5.24. The summed E-state index contributed by atoms with van der Waals surface area (Å²) < 4.78 is 17.8. The molecule has 0 radical (unpaired) electrons. The van der Waals surface area contributed by atoms with Gasteiger partial charge in [-0.1, -0.05) is 12.1 Å². The first-order valence-electron chi connectivity index (χ1n) is 5.24. The Kier molecular flexibility index (Phi) is 3.51. The van der Waals surface area contributed by atoms with Crippen LogP contribution in [0, 0.1) is 5.82 Å². The van der Waals surface area contributed by atoms with Crippen molar-refractivity contribution < 1.29 is 18.6 Å². The van der Waals surface area contributed by atoms with Gasteiger partial charge in [0.1, 0.15) is 5.82 Å². The smallest absolute Gasteiger partial charge is 0.259 e. The van der Waals surface area contributed by atoms with E-state index < -0.39 is 17.6 Å². The van der Waals surface area contributed by atoms with Crippen LogP contribution in [0.25, 0.3) is 0 Å². The number of hydrogen-bond acceptors (Lipinski definition) is 5. The Balaban J connectivity index is 2.18. The molecular formula is C11H9FN4O3. The fourth-order valence-corrected chi connectivity index (χ4v) is 1.34. The van der Waals surface area contributed by atoms with Crippen molar-refractivity contribution in [3.05, 3.63) is 35.6 Å². The monoisotopic (exact) mass is 264 g/mol. The van der Waals surface area contributed by atoms with Crippen molar-refractivity contribution in [1.29, 1.82) is 0 Å². The summed E-state index contributed by atoms with van der Waals surface area (Å²) in [5.41, 5.74) is -0.153. The Morgan fingerprint density at radius 1 is 1.16 bits per heavy atom. The summed E-state index contributed by atoms with van der Waals surface area (Å²) >= 11 is 0. The van der Waals surface area contributed by atoms with Crippen molar-refractivity contribution >= 4 is 23.5 Å². The lowest BCUT2D eigenvalue weighted by atomic mass is 10.2. The summed E-state index contributed by atoms with van der Waals surface area (Å²) in [6, 6.07) is 5.46. The molecule has 0 saturated carbocycles. The molecule has 0 aliphatic carbocycles. The van der Waals surface area contributed by atoms with Crippen molar-refractivity contribution in [1.82, 2.24) is 10.3 Å². The molecule has 2 aromatic rings. The largest absolute Gasteiger partial charge is 0.305 e. The Hall–Kier alpha value is -2.77. The number of anilines is 2. The van der Waals surface area contributed by atoms with Gasteiger partial charge >= 0.3 is 0 Å². The Morgan fingerprint density at radius 2 is 1.79 bits per heavy atom. The van der Waals surface area contributed by atoms with Crippen molar-refractivity contribution in [3.63, 3.8) is 0 Å². The normalized spacial score (nSPS) is 10.0. The van der Waals surface area contributed by atoms with Gasteiger partial charge in [0.15, 0.2) is 0 Å². The van der Waals surface area contributed by atoms with E-state index in [1.807, 2.05) is 0 Å². The highest BCUT2D eigenvalue weighted by Gasteiger charge is 2.17. The lowest BCUT2D eigenvalue weighted by molar-refractivity contribution is -0.114. The van der Waals surface area contributed by atoms with E-state index in [9.17, 15) is 14.0 Å². The molecular weight excluding hydrogens is 255 g/mol. The molecule has 2 N–H and O–H groups in total. The number of nitrogens with zero attached hydrogens (tertiary/aromatic N) is 2. The van der Waals surface area contributed by atoms with Crippen LogP contribution in [0.1, 0.15) is 17.3 Å². The van der Waals surface area contributed by atoms with Crippen molar-refractivity contribution in [2.24, 2.45) is 0 Å². The Bertz CT molecular complexity index is 626. The third-order valence-corrected chi connectivity index (χ3v) is 2.13. The summed E-state index contributed by atoms with van der Waals surface area (Å²) in [6.45, 7) is 1.26. The van der Waals surface area contributed by atoms with Gasteiger partial charge in [0.25, 0.3) is 5.91 Å². The molecule has 0 aliphatic rings. The summed E-state index contributed by atoms with van der Waals surface area (Å²) in [4.78, 5) is 22.7. The van der Waals surface area contributed by atoms with Gasteiger partial charge in [0.2, 0.25) is 17.5 Å². The van der Waals surface area contributed by atoms with Gasteiger partial charge in [-0.3, -0.25) is 9.59 Å². The standard InChI is InChI=1S/C11H9FN4O3/c1-6(17)13-9-10(16-19-15-9)14-11(18)7-4-2-3-5-8(7)12/h2-5H,1H3,(H,13,15,17)(H,14,16,18). The number of rotatable bonds is 3. The van der Waals surface area contributed by atoms with Crippen LogP contribution in [-0.2, 0) is 4.79 Å². The van der Waals surface area contributed by atoms with Crippen LogP contribution >= 0.6 is 0 Å². The maximum Gasteiger partial charge on any atom is 0.259 e. The zero-order valence-electron chi connectivity index (χ0n) is 9.81. The van der Waals surface area contributed by atoms with E-state index in [1.54, 1.807) is 0 Å². The number of nitrogens with one attached hydrogen (secondary N) is 2. The molecule has 0 aliphatic heterocycles. The van der Waals surface area contributed by atoms with Gasteiger partial charge in [0.05, 0.1) is 5.56 Å². The molecule has 98 valence electrons. The zero-order valence-corrected chi connectivity index (χ0v) is 9.81. The van der Waals surface area contributed by atoms with E-state index in [4.69, 9.17) is 0 Å². The number of amides is 2. The topological polar surface area (TPSA) is 97.1 Å². The second-order valence-corrected chi connectivity index (χ2v) is 3.58. The van der Waals surface area contributed by atoms with Gasteiger partial charge < -0.3 is 10.6 Å². The third-order valence-electron chi connectivity index (χ3n) is 2.13. The number of aromatic nitrogens is 2. The molecule has 2 rings (SSSR count). The predicted octanol–water partition coefficient (Wildman–Crippen LogP) is 1.42. The molecule has 0 saturated heterocycles. The van der Waals surface area contributed by atoms with E-state index in [0.29, 0.717) is 0 Å². The van der Waals surface area contributed by atoms with Gasteiger partial charge in [-0.15, -0.1) is 0 Å². The lowest BCUT2D eigenvalue weighted by Crippen LogP contribution is -2.16. The highest BCUT2D eigenvalue weighted by molar-refractivity contribution is 6.05. The van der Waals surface area contributed by atoms with Gasteiger partial charge in [0, 0.05) is 6.92 Å². The molecule has 19 heavy (non-hydrogen) atoms. The zero-order chi connectivity index (χ0) is 13.8. The maximum absolute atomic E-state index is 13.4. The second-order valence-electron chi connectivity index (χ2n) is 3.58. The van der Waals surface area contributed by atoms with Crippen LogP contribution in [-0.4, -0.2) is 22.1 Å². The van der Waals surface area contributed by atoms with Crippen LogP contribution in [0.15, 0.2) is 28.9 Å². The van der Waals surface area contributed by atoms with Gasteiger partial charge in [-0.05, 0) is 22.4 Å². The van der Waals surface area contributed by atoms with Crippen LogP contribution < -0.4 is 10.6 Å². The number of carbonyl (C=O) groups is 2. The first-order chi connectivity index (χ1) is 9.08. The highest BCUT2D eigenvalue weighted by atomic mass is 19.1. The number of carbonyl (C=O) groups excluding carboxylic acids is 2. The minimum Gasteiger partial charge on any atom is -0.305 e. The van der Waals surface area contributed by atoms with Gasteiger partial charge in [-0.25, -0.2) is 9.02 Å². The SMILES string of the molecule is CC(=O)Nc1nonc1NC(=O)c1ccccc1F. The van der Waals surface area contributed by atoms with Crippen molar-refractivity contribution in [2.45, 2.75) is 6.92 Å². The number of halogens is 1. The maximum atomic E-state index is 13.4. The average Bonchev–Trinajstić information content (AvgIpc) is 2.76. The van der Waals surface area contributed by atoms with E-state index in [2.05, 4.69) is 25.6 Å². The lowest BCUT2D eigenvalue weighted by Gasteiger charge is -2.03. The Labute approximate surface area is 106 Å². The van der Waals surface area contributed by atoms with Crippen molar-refractivity contribution in [3.8, 4) is 0 Å². The summed E-state index contributed by atoms with van der Waals surface area (Å²) in [5.74, 6) is -1.93. The van der Waals surface area contributed by atoms with E-state index in [1.165, 1.54) is 25.1 Å². The van der Waals surface area contributed by atoms with Crippen LogP contribution in [0.3, 0.4) is 0 Å². The fourth-order valence-electron chi connectivity index (χ4n) is 1.34. The highest BCUT2D eigenvalue weighted by Crippen LogP contribution is 2.17. The molecule has 1 heterocycles. The Morgan fingerprint density at radius 3 is 2.42 bits per heavy atom. The fraction of sp³-hybridized carbons (Fsp3) is 0.0909. The van der Waals surface area contributed by atoms with Crippen LogP contribution in [0.5, 0.6) is 0 Å². The minimum atomic E-state index is -0.722. The van der Waals surface area contributed by atoms with Crippen molar-refractivity contribution in [2.75, 3.05) is 10.6 Å². The van der Waals surface area contributed by atoms with E-state index in [-0.39, 0.29) is 17.2 Å². The number of benzene rings is 1. The van der Waals surface area contributed by atoms with Crippen LogP contribution in [0.2, 0.25) is 0 Å². The molecule has 1 aromatic carbocycles. The molecule has 7 nitrogen and oxygen atoms in total. The summed E-state index contributed by atoms with van der Waals surface area (Å²) in [5, 5.41) is 11.4. The summed E-state index contributed by atoms with van der Waals surface area (Å²) in [6.07, 6.45) is 0. The van der Waals surface area contributed by atoms with Gasteiger partial charge in [-0.2, -0.15) is 0 Å². The molecule has 0 fully saturated rings. The molecule has 2 amide bonds.